The molecule has 0 saturated carbocycles. The second kappa shape index (κ2) is 65.4. The summed E-state index contributed by atoms with van der Waals surface area (Å²) in [5.41, 5.74) is 0. The largest absolute Gasteiger partial charge is 0.472 e. The van der Waals surface area contributed by atoms with E-state index < -0.39 is 97.5 Å². The maximum atomic E-state index is 13.1. The lowest BCUT2D eigenvalue weighted by molar-refractivity contribution is -0.161. The standard InChI is InChI=1S/C76H148O17P2/c1-66(2)52-44-36-28-21-15-10-9-11-18-25-33-42-50-58-75(80)92-71(62-86-73(78)56-48-40-32-24-20-14-17-23-30-38-46-54-68(5)6)64-90-94(82,83)88-60-70(77)61-89-95(84,85)91-65-72(63-87-74(79)57-49-41-35-27-31-39-47-55-69(7)8)93-76(81)59-51-43-34-26-19-13-12-16-22-29-37-45-53-67(3)4/h66-72,77H,9-65H2,1-8H3,(H,82,83)(H,84,85)/t70?,71-,72-/m1/s1. The Balaban J connectivity index is 5.26. The van der Waals surface area contributed by atoms with Gasteiger partial charge in [0.25, 0.3) is 0 Å². The monoisotopic (exact) mass is 1400 g/mol. The van der Waals surface area contributed by atoms with E-state index in [0.29, 0.717) is 31.6 Å². The Kier molecular flexibility index (Phi) is 64.0. The molecule has 0 aromatic heterocycles. The molecule has 0 fully saturated rings. The molecule has 19 heteroatoms. The average molecular weight is 1400 g/mol. The van der Waals surface area contributed by atoms with Crippen LogP contribution in [0.5, 0.6) is 0 Å². The van der Waals surface area contributed by atoms with Gasteiger partial charge in [0.15, 0.2) is 12.2 Å². The Morgan fingerprint density at radius 2 is 0.442 bits per heavy atom. The van der Waals surface area contributed by atoms with Crippen LogP contribution in [0.2, 0.25) is 0 Å². The molecule has 0 aromatic carbocycles. The van der Waals surface area contributed by atoms with Gasteiger partial charge in [-0.2, -0.15) is 0 Å². The first-order valence-electron chi connectivity index (χ1n) is 39.2. The van der Waals surface area contributed by atoms with Crippen LogP contribution in [0.3, 0.4) is 0 Å². The van der Waals surface area contributed by atoms with Crippen molar-refractivity contribution in [3.05, 3.63) is 0 Å². The third-order valence-corrected chi connectivity index (χ3v) is 19.5. The van der Waals surface area contributed by atoms with Gasteiger partial charge in [0.1, 0.15) is 19.3 Å². The molecular formula is C76H148O17P2. The quantitative estimate of drug-likeness (QED) is 0.0222. The Morgan fingerprint density at radius 1 is 0.263 bits per heavy atom. The summed E-state index contributed by atoms with van der Waals surface area (Å²) in [6.07, 6.45) is 49.9. The highest BCUT2D eigenvalue weighted by Crippen LogP contribution is 2.45. The fraction of sp³-hybridized carbons (Fsp3) is 0.947. The van der Waals surface area contributed by atoms with E-state index in [0.717, 1.165) is 114 Å². The fourth-order valence-electron chi connectivity index (χ4n) is 11.6. The molecule has 0 aliphatic heterocycles. The first-order valence-corrected chi connectivity index (χ1v) is 42.2. The summed E-state index contributed by atoms with van der Waals surface area (Å²) in [6, 6.07) is 0. The van der Waals surface area contributed by atoms with E-state index in [2.05, 4.69) is 55.4 Å². The maximum Gasteiger partial charge on any atom is 0.472 e. The van der Waals surface area contributed by atoms with Crippen LogP contribution in [0.1, 0.15) is 383 Å². The van der Waals surface area contributed by atoms with Crippen molar-refractivity contribution < 1.29 is 80.2 Å². The fourth-order valence-corrected chi connectivity index (χ4v) is 13.1. The maximum absolute atomic E-state index is 13.1. The van der Waals surface area contributed by atoms with Crippen molar-refractivity contribution in [1.29, 1.82) is 0 Å². The summed E-state index contributed by atoms with van der Waals surface area (Å²) in [5, 5.41) is 10.6. The van der Waals surface area contributed by atoms with E-state index in [4.69, 9.17) is 37.0 Å². The number of aliphatic hydroxyl groups excluding tert-OH is 1. The van der Waals surface area contributed by atoms with Crippen molar-refractivity contribution in [2.75, 3.05) is 39.6 Å². The summed E-state index contributed by atoms with van der Waals surface area (Å²) >= 11 is 0. The zero-order valence-electron chi connectivity index (χ0n) is 62.3. The highest BCUT2D eigenvalue weighted by molar-refractivity contribution is 7.47. The van der Waals surface area contributed by atoms with Crippen molar-refractivity contribution in [2.24, 2.45) is 23.7 Å². The van der Waals surface area contributed by atoms with Crippen molar-refractivity contribution in [3.8, 4) is 0 Å². The number of phosphoric ester groups is 2. The summed E-state index contributed by atoms with van der Waals surface area (Å²) < 4.78 is 68.5. The summed E-state index contributed by atoms with van der Waals surface area (Å²) in [7, 11) is -9.91. The number of carbonyl (C=O) groups is 4. The van der Waals surface area contributed by atoms with Gasteiger partial charge < -0.3 is 33.8 Å². The molecule has 0 amide bonds. The van der Waals surface area contributed by atoms with Crippen LogP contribution in [0, 0.1) is 23.7 Å². The normalized spacial score (nSPS) is 14.1. The number of carbonyl (C=O) groups excluding carboxylic acids is 4. The highest BCUT2D eigenvalue weighted by Gasteiger charge is 2.30. The topological polar surface area (TPSA) is 237 Å². The van der Waals surface area contributed by atoms with Gasteiger partial charge in [-0.05, 0) is 49.4 Å². The van der Waals surface area contributed by atoms with Crippen LogP contribution in [0.25, 0.3) is 0 Å². The van der Waals surface area contributed by atoms with E-state index >= 15 is 0 Å². The molecule has 0 bridgehead atoms. The average Bonchev–Trinajstić information content (AvgIpc) is 2.20. The van der Waals surface area contributed by atoms with E-state index in [1.165, 1.54) is 180 Å². The number of hydrogen-bond donors (Lipinski definition) is 3. The predicted molar refractivity (Wildman–Crippen MR) is 386 cm³/mol. The molecule has 0 spiro atoms. The van der Waals surface area contributed by atoms with Gasteiger partial charge in [0.2, 0.25) is 0 Å². The molecule has 564 valence electrons. The van der Waals surface area contributed by atoms with E-state index in [1.807, 2.05) is 0 Å². The molecular weight excluding hydrogens is 1250 g/mol. The number of esters is 4. The number of phosphoric acid groups is 2. The number of ether oxygens (including phenoxy) is 4. The molecule has 0 aliphatic rings. The summed E-state index contributed by atoms with van der Waals surface area (Å²) in [5.74, 6) is 0.919. The van der Waals surface area contributed by atoms with Crippen LogP contribution < -0.4 is 0 Å². The molecule has 0 aromatic rings. The molecule has 3 unspecified atom stereocenters. The second-order valence-electron chi connectivity index (χ2n) is 29.3. The second-order valence-corrected chi connectivity index (χ2v) is 32.2. The predicted octanol–water partition coefficient (Wildman–Crippen LogP) is 22.0. The van der Waals surface area contributed by atoms with E-state index in [9.17, 15) is 43.2 Å². The number of unbranched alkanes of at least 4 members (excludes halogenated alkanes) is 39. The van der Waals surface area contributed by atoms with Gasteiger partial charge in [-0.3, -0.25) is 37.3 Å². The number of hydrogen-bond acceptors (Lipinski definition) is 15. The smallest absolute Gasteiger partial charge is 0.462 e. The van der Waals surface area contributed by atoms with Gasteiger partial charge in [-0.15, -0.1) is 0 Å². The van der Waals surface area contributed by atoms with Crippen LogP contribution in [0.4, 0.5) is 0 Å². The molecule has 5 atom stereocenters. The van der Waals surface area contributed by atoms with Gasteiger partial charge in [0.05, 0.1) is 26.4 Å². The minimum absolute atomic E-state index is 0.106. The van der Waals surface area contributed by atoms with Crippen LogP contribution in [0.15, 0.2) is 0 Å². The SMILES string of the molecule is CC(C)CCCCCCCCCCCCCCCC(=O)O[C@H](COC(=O)CCCCCCCCCCCCCC(C)C)COP(=O)(O)OCC(O)COP(=O)(O)OC[C@@H](COC(=O)CCCCCCCCCC(C)C)OC(=O)CCCCCCCCCCCCCCC(C)C. The Labute approximate surface area is 581 Å². The first-order chi connectivity index (χ1) is 45.6. The summed E-state index contributed by atoms with van der Waals surface area (Å²) in [6.45, 7) is 14.2. The van der Waals surface area contributed by atoms with Crippen LogP contribution in [-0.4, -0.2) is 96.7 Å². The van der Waals surface area contributed by atoms with Crippen molar-refractivity contribution >= 4 is 39.5 Å². The molecule has 3 N–H and O–H groups in total. The van der Waals surface area contributed by atoms with E-state index in [-0.39, 0.29) is 25.7 Å². The zero-order chi connectivity index (χ0) is 70.3. The third kappa shape index (κ3) is 70.3. The van der Waals surface area contributed by atoms with Crippen molar-refractivity contribution in [1.82, 2.24) is 0 Å². The summed E-state index contributed by atoms with van der Waals surface area (Å²) in [4.78, 5) is 72.8. The molecule has 0 heterocycles. The number of rotatable bonds is 73. The zero-order valence-corrected chi connectivity index (χ0v) is 64.1. The lowest BCUT2D eigenvalue weighted by atomic mass is 10.0. The Morgan fingerprint density at radius 3 is 0.653 bits per heavy atom. The first kappa shape index (κ1) is 93.1. The lowest BCUT2D eigenvalue weighted by Crippen LogP contribution is -2.30. The Bertz CT molecular complexity index is 1870. The third-order valence-electron chi connectivity index (χ3n) is 17.6. The van der Waals surface area contributed by atoms with Gasteiger partial charge in [-0.1, -0.05) is 331 Å². The molecule has 17 nitrogen and oxygen atoms in total. The Hall–Kier alpha value is -1.94. The highest BCUT2D eigenvalue weighted by atomic mass is 31.2. The van der Waals surface area contributed by atoms with Gasteiger partial charge in [0, 0.05) is 25.7 Å². The van der Waals surface area contributed by atoms with E-state index in [1.54, 1.807) is 0 Å². The van der Waals surface area contributed by atoms with Crippen molar-refractivity contribution in [3.63, 3.8) is 0 Å². The lowest BCUT2D eigenvalue weighted by Gasteiger charge is -2.21. The van der Waals surface area contributed by atoms with Crippen LogP contribution in [-0.2, 0) is 65.4 Å². The number of aliphatic hydroxyl groups is 1. The molecule has 0 saturated heterocycles. The molecule has 0 radical (unpaired) electrons. The van der Waals surface area contributed by atoms with Gasteiger partial charge >= 0.3 is 39.5 Å². The molecule has 0 aliphatic carbocycles. The van der Waals surface area contributed by atoms with Crippen LogP contribution >= 0.6 is 15.6 Å². The van der Waals surface area contributed by atoms with Crippen molar-refractivity contribution in [2.45, 2.75) is 401 Å². The molecule has 0 rings (SSSR count). The van der Waals surface area contributed by atoms with Gasteiger partial charge in [-0.25, -0.2) is 9.13 Å². The minimum atomic E-state index is -4.96. The minimum Gasteiger partial charge on any atom is -0.462 e. The molecule has 95 heavy (non-hydrogen) atoms.